The predicted molar refractivity (Wildman–Crippen MR) is 71.0 cm³/mol. The Morgan fingerprint density at radius 1 is 1.56 bits per heavy atom. The molecule has 0 saturated carbocycles. The monoisotopic (exact) mass is 268 g/mol. The van der Waals surface area contributed by atoms with Crippen molar-refractivity contribution in [2.24, 2.45) is 0 Å². The first kappa shape index (κ1) is 13.3. The number of amides is 1. The number of para-hydroxylation sites is 1. The quantitative estimate of drug-likeness (QED) is 0.797. The molecule has 0 radical (unpaired) electrons. The normalized spacial score (nSPS) is 23.1. The molecule has 1 aliphatic heterocycles. The Morgan fingerprint density at radius 2 is 2.22 bits per heavy atom. The van der Waals surface area contributed by atoms with Crippen molar-refractivity contribution >= 4 is 23.2 Å². The summed E-state index contributed by atoms with van der Waals surface area (Å²) in [6.45, 7) is 4.02. The Balaban J connectivity index is 2.64. The molecule has 1 aliphatic rings. The number of halogens is 1. The van der Waals surface area contributed by atoms with Crippen LogP contribution in [-0.2, 0) is 10.3 Å². The summed E-state index contributed by atoms with van der Waals surface area (Å²) in [5.41, 5.74) is 1.06. The van der Waals surface area contributed by atoms with Crippen LogP contribution in [0.5, 0.6) is 0 Å². The lowest BCUT2D eigenvalue weighted by molar-refractivity contribution is -0.154. The summed E-state index contributed by atoms with van der Waals surface area (Å²) in [4.78, 5) is 13.4. The number of benzene rings is 1. The molecule has 1 unspecified atom stereocenters. The molecular weight excluding hydrogens is 252 g/mol. The highest BCUT2D eigenvalue weighted by atomic mass is 35.5. The second-order valence-corrected chi connectivity index (χ2v) is 5.26. The third-order valence-corrected chi connectivity index (χ3v) is 4.06. The predicted octanol–water partition coefficient (Wildman–Crippen LogP) is 2.63. The fourth-order valence-corrected chi connectivity index (χ4v) is 2.73. The first-order valence-corrected chi connectivity index (χ1v) is 6.25. The number of hydrogen-bond donors (Lipinski definition) is 1. The van der Waals surface area contributed by atoms with Crippen molar-refractivity contribution in [3.63, 3.8) is 0 Å². The number of fused-ring (bicyclic) bond motifs is 1. The van der Waals surface area contributed by atoms with Crippen molar-refractivity contribution in [1.82, 2.24) is 5.06 Å². The van der Waals surface area contributed by atoms with Crippen LogP contribution in [-0.4, -0.2) is 29.8 Å². The summed E-state index contributed by atoms with van der Waals surface area (Å²) in [5, 5.41) is 11.6. The number of hydrogen-bond acceptors (Lipinski definition) is 3. The topological polar surface area (TPSA) is 43.8 Å². The van der Waals surface area contributed by atoms with E-state index in [9.17, 15) is 10.0 Å². The summed E-state index contributed by atoms with van der Waals surface area (Å²) in [6, 6.07) is 5.51. The molecule has 5 heteroatoms. The average Bonchev–Trinajstić information content (AvgIpc) is 2.30. The van der Waals surface area contributed by atoms with Gasteiger partial charge in [-0.1, -0.05) is 23.7 Å². The van der Waals surface area contributed by atoms with Gasteiger partial charge in [0.2, 0.25) is 5.91 Å². The Labute approximate surface area is 112 Å². The third kappa shape index (κ3) is 1.90. The van der Waals surface area contributed by atoms with Gasteiger partial charge in [0.05, 0.1) is 16.2 Å². The van der Waals surface area contributed by atoms with E-state index in [1.165, 1.54) is 12.0 Å². The van der Waals surface area contributed by atoms with Crippen LogP contribution in [0, 0.1) is 0 Å². The lowest BCUT2D eigenvalue weighted by atomic mass is 9.83. The number of nitrogens with zero attached hydrogens (tertiary/aromatic N) is 2. The molecule has 18 heavy (non-hydrogen) atoms. The van der Waals surface area contributed by atoms with E-state index in [0.717, 1.165) is 5.56 Å². The zero-order valence-corrected chi connectivity index (χ0v) is 11.5. The first-order chi connectivity index (χ1) is 8.38. The minimum Gasteiger partial charge on any atom is -0.313 e. The van der Waals surface area contributed by atoms with Gasteiger partial charge in [0.25, 0.3) is 0 Å². The molecule has 1 N–H and O–H groups in total. The van der Waals surface area contributed by atoms with E-state index in [4.69, 9.17) is 11.6 Å². The Morgan fingerprint density at radius 3 is 2.78 bits per heavy atom. The first-order valence-electron chi connectivity index (χ1n) is 5.87. The smallest absolute Gasteiger partial charge is 0.223 e. The van der Waals surface area contributed by atoms with Gasteiger partial charge >= 0.3 is 0 Å². The van der Waals surface area contributed by atoms with E-state index in [1.807, 2.05) is 19.1 Å². The molecule has 0 spiro atoms. The molecule has 0 fully saturated rings. The lowest BCUT2D eigenvalue weighted by Gasteiger charge is -2.43. The van der Waals surface area contributed by atoms with Gasteiger partial charge < -0.3 is 10.1 Å². The molecule has 1 amide bonds. The SMILES string of the molecule is CC(=O)N1CCC(C)(N(C)O)c2cccc(Cl)c21. The molecule has 0 saturated heterocycles. The Bertz CT molecular complexity index is 490. The van der Waals surface area contributed by atoms with Gasteiger partial charge in [-0.3, -0.25) is 4.79 Å². The maximum absolute atomic E-state index is 11.7. The summed E-state index contributed by atoms with van der Waals surface area (Å²) in [6.07, 6.45) is 0.660. The van der Waals surface area contributed by atoms with Crippen molar-refractivity contribution in [3.05, 3.63) is 28.8 Å². The van der Waals surface area contributed by atoms with Crippen LogP contribution in [0.25, 0.3) is 0 Å². The summed E-state index contributed by atoms with van der Waals surface area (Å²) in [7, 11) is 1.62. The molecular formula is C13H17ClN2O2. The molecule has 0 aliphatic carbocycles. The Kier molecular flexibility index (Phi) is 3.36. The lowest BCUT2D eigenvalue weighted by Crippen LogP contribution is -2.48. The number of carbonyl (C=O) groups excluding carboxylic acids is 1. The molecule has 2 rings (SSSR count). The Hall–Kier alpha value is -1.10. The molecule has 1 heterocycles. The average molecular weight is 269 g/mol. The van der Waals surface area contributed by atoms with Gasteiger partial charge in [-0.2, -0.15) is 5.06 Å². The third-order valence-electron chi connectivity index (χ3n) is 3.75. The summed E-state index contributed by atoms with van der Waals surface area (Å²) >= 11 is 6.22. The van der Waals surface area contributed by atoms with Crippen molar-refractivity contribution < 1.29 is 10.0 Å². The molecule has 98 valence electrons. The summed E-state index contributed by atoms with van der Waals surface area (Å²) in [5.74, 6) is -0.0352. The standard InChI is InChI=1S/C13H17ClN2O2/c1-9(17)16-8-7-13(2,15(3)18)10-5-4-6-11(14)12(10)16/h4-6,18H,7-8H2,1-3H3. The number of carbonyl (C=O) groups is 1. The van der Waals surface area contributed by atoms with E-state index in [1.54, 1.807) is 18.0 Å². The van der Waals surface area contributed by atoms with Crippen LogP contribution in [0.15, 0.2) is 18.2 Å². The van der Waals surface area contributed by atoms with E-state index < -0.39 is 5.54 Å². The van der Waals surface area contributed by atoms with E-state index in [0.29, 0.717) is 23.7 Å². The van der Waals surface area contributed by atoms with Crippen molar-refractivity contribution in [1.29, 1.82) is 0 Å². The highest BCUT2D eigenvalue weighted by Crippen LogP contribution is 2.44. The molecule has 1 atom stereocenters. The maximum Gasteiger partial charge on any atom is 0.223 e. The van der Waals surface area contributed by atoms with Crippen molar-refractivity contribution in [2.45, 2.75) is 25.8 Å². The highest BCUT2D eigenvalue weighted by Gasteiger charge is 2.40. The number of rotatable bonds is 1. The second-order valence-electron chi connectivity index (χ2n) is 4.85. The van der Waals surface area contributed by atoms with Crippen molar-refractivity contribution in [2.75, 3.05) is 18.5 Å². The zero-order chi connectivity index (χ0) is 13.5. The number of anilines is 1. The van der Waals surface area contributed by atoms with Gasteiger partial charge in [-0.05, 0) is 25.0 Å². The molecule has 0 aromatic heterocycles. The van der Waals surface area contributed by atoms with Crippen LogP contribution in [0.1, 0.15) is 25.8 Å². The highest BCUT2D eigenvalue weighted by molar-refractivity contribution is 6.34. The molecule has 1 aromatic rings. The van der Waals surface area contributed by atoms with Gasteiger partial charge in [0.1, 0.15) is 0 Å². The largest absolute Gasteiger partial charge is 0.313 e. The van der Waals surface area contributed by atoms with Crippen LogP contribution in [0.3, 0.4) is 0 Å². The summed E-state index contributed by atoms with van der Waals surface area (Å²) < 4.78 is 0. The maximum atomic E-state index is 11.7. The van der Waals surface area contributed by atoms with Crippen LogP contribution >= 0.6 is 11.6 Å². The zero-order valence-electron chi connectivity index (χ0n) is 10.8. The molecule has 4 nitrogen and oxygen atoms in total. The molecule has 0 bridgehead atoms. The van der Waals surface area contributed by atoms with Crippen LogP contribution in [0.4, 0.5) is 5.69 Å². The minimum absolute atomic E-state index is 0.0352. The van der Waals surface area contributed by atoms with Crippen molar-refractivity contribution in [3.8, 4) is 0 Å². The number of hydroxylamine groups is 2. The van der Waals surface area contributed by atoms with Gasteiger partial charge in [-0.25, -0.2) is 0 Å². The molecule has 1 aromatic carbocycles. The van der Waals surface area contributed by atoms with E-state index in [2.05, 4.69) is 0 Å². The minimum atomic E-state index is -0.522. The van der Waals surface area contributed by atoms with E-state index in [-0.39, 0.29) is 5.91 Å². The second kappa shape index (κ2) is 4.53. The van der Waals surface area contributed by atoms with Gasteiger partial charge in [-0.15, -0.1) is 0 Å². The fraction of sp³-hybridized carbons (Fsp3) is 0.462. The van der Waals surface area contributed by atoms with Crippen LogP contribution in [0.2, 0.25) is 5.02 Å². The van der Waals surface area contributed by atoms with E-state index >= 15 is 0 Å². The fourth-order valence-electron chi connectivity index (χ4n) is 2.45. The van der Waals surface area contributed by atoms with Gasteiger partial charge in [0, 0.05) is 20.5 Å². The van der Waals surface area contributed by atoms with Gasteiger partial charge in [0.15, 0.2) is 0 Å². The van der Waals surface area contributed by atoms with Crippen LogP contribution < -0.4 is 4.90 Å².